The molecule has 204 valence electrons. The van der Waals surface area contributed by atoms with E-state index in [-0.39, 0.29) is 62.4 Å². The molecule has 4 rings (SSSR count). The molecule has 0 unspecified atom stereocenters. The molecule has 1 aliphatic rings. The number of aryl methyl sites for hydroxylation is 2. The van der Waals surface area contributed by atoms with Crippen LogP contribution in [0.15, 0.2) is 88.7 Å². The average molecular weight is 558 g/mol. The lowest BCUT2D eigenvalue weighted by molar-refractivity contribution is 0.0749. The summed E-state index contributed by atoms with van der Waals surface area (Å²) in [5.74, 6) is -0.275. The summed E-state index contributed by atoms with van der Waals surface area (Å²) < 4.78 is 56.7. The maximum Gasteiger partial charge on any atom is 0.253 e. The lowest BCUT2D eigenvalue weighted by Gasteiger charge is -2.26. The van der Waals surface area contributed by atoms with Crippen LogP contribution < -0.4 is 0 Å². The molecule has 0 aliphatic carbocycles. The molecular weight excluding hydrogens is 522 g/mol. The molecular formula is C28H35N3O5S2. The van der Waals surface area contributed by atoms with Gasteiger partial charge in [-0.1, -0.05) is 61.0 Å². The predicted molar refractivity (Wildman–Crippen MR) is 149 cm³/mol. The molecule has 0 radical (unpaired) electrons. The number of carbonyl (C=O) groups is 1. The maximum absolute atomic E-state index is 13.5. The first kappa shape index (κ1) is 29.5. The third kappa shape index (κ3) is 6.50. The van der Waals surface area contributed by atoms with E-state index in [1.54, 1.807) is 78.9 Å². The van der Waals surface area contributed by atoms with Gasteiger partial charge < -0.3 is 4.90 Å². The van der Waals surface area contributed by atoms with Crippen LogP contribution in [0.4, 0.5) is 0 Å². The molecule has 0 N–H and O–H groups in total. The Hall–Kier alpha value is -3.05. The van der Waals surface area contributed by atoms with Crippen molar-refractivity contribution in [2.45, 2.75) is 31.1 Å². The van der Waals surface area contributed by atoms with E-state index in [1.165, 1.54) is 13.5 Å². The average Bonchev–Trinajstić information content (AvgIpc) is 3.00. The molecule has 0 bridgehead atoms. The topological polar surface area (TPSA) is 95.1 Å². The van der Waals surface area contributed by atoms with Gasteiger partial charge >= 0.3 is 0 Å². The minimum absolute atomic E-state index is 0. The zero-order valence-electron chi connectivity index (χ0n) is 20.9. The van der Waals surface area contributed by atoms with Crippen molar-refractivity contribution < 1.29 is 21.6 Å². The highest BCUT2D eigenvalue weighted by Gasteiger charge is 2.32. The number of sulfonamides is 2. The van der Waals surface area contributed by atoms with Crippen molar-refractivity contribution >= 4 is 26.0 Å². The molecule has 0 aromatic heterocycles. The van der Waals surface area contributed by atoms with Gasteiger partial charge in [-0.25, -0.2) is 16.8 Å². The van der Waals surface area contributed by atoms with Crippen molar-refractivity contribution in [3.63, 3.8) is 0 Å². The van der Waals surface area contributed by atoms with E-state index < -0.39 is 20.0 Å². The first-order valence-corrected chi connectivity index (χ1v) is 14.9. The van der Waals surface area contributed by atoms with Crippen LogP contribution in [0, 0.1) is 13.8 Å². The third-order valence-corrected chi connectivity index (χ3v) is 10.3. The molecule has 38 heavy (non-hydrogen) atoms. The maximum atomic E-state index is 13.5. The number of benzene rings is 3. The minimum atomic E-state index is -3.91. The van der Waals surface area contributed by atoms with Gasteiger partial charge in [-0.3, -0.25) is 4.79 Å². The van der Waals surface area contributed by atoms with Gasteiger partial charge in [0.1, 0.15) is 0 Å². The second-order valence-electron chi connectivity index (χ2n) is 9.09. The van der Waals surface area contributed by atoms with Crippen molar-refractivity contribution in [1.29, 1.82) is 0 Å². The second-order valence-corrected chi connectivity index (χ2v) is 13.0. The summed E-state index contributed by atoms with van der Waals surface area (Å²) >= 11 is 0. The number of carbonyl (C=O) groups excluding carboxylic acids is 1. The van der Waals surface area contributed by atoms with Gasteiger partial charge in [0, 0.05) is 44.8 Å². The van der Waals surface area contributed by atoms with E-state index in [9.17, 15) is 21.6 Å². The van der Waals surface area contributed by atoms with Crippen molar-refractivity contribution in [2.24, 2.45) is 0 Å². The molecule has 1 amide bonds. The Morgan fingerprint density at radius 2 is 0.947 bits per heavy atom. The molecule has 0 saturated carbocycles. The molecule has 3 aromatic carbocycles. The molecule has 0 atom stereocenters. The Balaban J connectivity index is 0.00000400. The quantitative estimate of drug-likeness (QED) is 0.476. The van der Waals surface area contributed by atoms with E-state index in [1.807, 2.05) is 13.8 Å². The predicted octanol–water partition coefficient (Wildman–Crippen LogP) is 3.78. The van der Waals surface area contributed by atoms with E-state index in [0.29, 0.717) is 5.56 Å². The molecule has 8 nitrogen and oxygen atoms in total. The fourth-order valence-corrected chi connectivity index (χ4v) is 7.03. The molecule has 1 heterocycles. The highest BCUT2D eigenvalue weighted by atomic mass is 32.2. The number of rotatable bonds is 5. The molecule has 3 aromatic rings. The first-order chi connectivity index (χ1) is 17.6. The van der Waals surface area contributed by atoms with Crippen LogP contribution in [-0.2, 0) is 20.0 Å². The normalized spacial score (nSPS) is 16.1. The Kier molecular flexibility index (Phi) is 9.48. The summed E-state index contributed by atoms with van der Waals surface area (Å²) in [5.41, 5.74) is 2.32. The summed E-state index contributed by atoms with van der Waals surface area (Å²) in [5, 5.41) is 0. The SMILES string of the molecule is C.Cc1ccc(S(=O)(=O)N2CCN(C(=O)c3ccccc3)CCN(S(=O)(=O)c3ccc(C)cc3)CC2)cc1. The van der Waals surface area contributed by atoms with Gasteiger partial charge in [0.05, 0.1) is 9.79 Å². The van der Waals surface area contributed by atoms with Gasteiger partial charge in [-0.15, -0.1) is 0 Å². The first-order valence-electron chi connectivity index (χ1n) is 12.1. The summed E-state index contributed by atoms with van der Waals surface area (Å²) in [6.45, 7) is 4.05. The van der Waals surface area contributed by atoms with Crippen LogP contribution in [0.2, 0.25) is 0 Å². The van der Waals surface area contributed by atoms with Crippen molar-refractivity contribution in [3.05, 3.63) is 95.6 Å². The standard InChI is InChI=1S/C27H31N3O5S2.CH4/c1-22-8-12-25(13-9-22)36(32,33)29-18-16-28(27(31)24-6-4-3-5-7-24)17-19-30(21-20-29)37(34,35)26-14-10-23(2)11-15-26;/h3-15H,16-21H2,1-2H3;1H4. The van der Waals surface area contributed by atoms with Crippen molar-refractivity contribution in [2.75, 3.05) is 39.3 Å². The Bertz CT molecular complexity index is 1350. The molecule has 1 saturated heterocycles. The lowest BCUT2D eigenvalue weighted by atomic mass is 10.2. The van der Waals surface area contributed by atoms with Gasteiger partial charge in [-0.05, 0) is 50.2 Å². The van der Waals surface area contributed by atoms with Gasteiger partial charge in [0.25, 0.3) is 5.91 Å². The number of nitrogens with zero attached hydrogens (tertiary/aromatic N) is 3. The van der Waals surface area contributed by atoms with Gasteiger partial charge in [-0.2, -0.15) is 8.61 Å². The summed E-state index contributed by atoms with van der Waals surface area (Å²) in [4.78, 5) is 15.1. The molecule has 0 spiro atoms. The highest BCUT2D eigenvalue weighted by molar-refractivity contribution is 7.89. The number of hydrogen-bond acceptors (Lipinski definition) is 5. The summed E-state index contributed by atoms with van der Waals surface area (Å²) in [6.07, 6.45) is 0. The van der Waals surface area contributed by atoms with Crippen LogP contribution in [0.25, 0.3) is 0 Å². The highest BCUT2D eigenvalue weighted by Crippen LogP contribution is 2.21. The minimum Gasteiger partial charge on any atom is -0.336 e. The van der Waals surface area contributed by atoms with E-state index in [2.05, 4.69) is 0 Å². The zero-order chi connectivity index (χ0) is 26.6. The lowest BCUT2D eigenvalue weighted by Crippen LogP contribution is -2.41. The molecule has 1 fully saturated rings. The van der Waals surface area contributed by atoms with Crippen LogP contribution in [0.5, 0.6) is 0 Å². The summed E-state index contributed by atoms with van der Waals surface area (Å²) in [7, 11) is -7.83. The zero-order valence-corrected chi connectivity index (χ0v) is 22.6. The third-order valence-electron chi connectivity index (χ3n) is 6.46. The van der Waals surface area contributed by atoms with Gasteiger partial charge in [0.15, 0.2) is 0 Å². The van der Waals surface area contributed by atoms with Crippen LogP contribution in [-0.4, -0.2) is 75.5 Å². The Morgan fingerprint density at radius 1 is 0.579 bits per heavy atom. The Labute approximate surface area is 226 Å². The molecule has 10 heteroatoms. The van der Waals surface area contributed by atoms with E-state index >= 15 is 0 Å². The number of amides is 1. The van der Waals surface area contributed by atoms with E-state index in [0.717, 1.165) is 11.1 Å². The number of hydrogen-bond donors (Lipinski definition) is 0. The smallest absolute Gasteiger partial charge is 0.253 e. The Morgan fingerprint density at radius 3 is 1.34 bits per heavy atom. The largest absolute Gasteiger partial charge is 0.336 e. The van der Waals surface area contributed by atoms with Crippen LogP contribution in [0.3, 0.4) is 0 Å². The van der Waals surface area contributed by atoms with Crippen molar-refractivity contribution in [1.82, 2.24) is 13.5 Å². The van der Waals surface area contributed by atoms with Crippen molar-refractivity contribution in [3.8, 4) is 0 Å². The monoisotopic (exact) mass is 557 g/mol. The fraction of sp³-hybridized carbons (Fsp3) is 0.321. The van der Waals surface area contributed by atoms with Crippen LogP contribution in [0.1, 0.15) is 28.9 Å². The van der Waals surface area contributed by atoms with Crippen LogP contribution >= 0.6 is 0 Å². The second kappa shape index (κ2) is 12.2. The van der Waals surface area contributed by atoms with Gasteiger partial charge in [0.2, 0.25) is 20.0 Å². The fourth-order valence-electron chi connectivity index (χ4n) is 4.19. The summed E-state index contributed by atoms with van der Waals surface area (Å²) in [6, 6.07) is 21.8. The van der Waals surface area contributed by atoms with E-state index in [4.69, 9.17) is 0 Å². The molecule has 1 aliphatic heterocycles.